The lowest BCUT2D eigenvalue weighted by Gasteiger charge is -2.33. The fourth-order valence-electron chi connectivity index (χ4n) is 2.81. The van der Waals surface area contributed by atoms with Gasteiger partial charge >= 0.3 is 0 Å². The average molecular weight is 296 g/mol. The van der Waals surface area contributed by atoms with Crippen molar-refractivity contribution in [3.8, 4) is 0 Å². The monoisotopic (exact) mass is 296 g/mol. The van der Waals surface area contributed by atoms with Crippen LogP contribution in [0.2, 0.25) is 0 Å². The summed E-state index contributed by atoms with van der Waals surface area (Å²) in [5.74, 6) is 0. The van der Waals surface area contributed by atoms with Gasteiger partial charge in [0, 0.05) is 12.1 Å². The van der Waals surface area contributed by atoms with Crippen LogP contribution in [0.1, 0.15) is 50.9 Å². The van der Waals surface area contributed by atoms with E-state index in [1.807, 2.05) is 0 Å². The van der Waals surface area contributed by atoms with Crippen LogP contribution in [0.4, 0.5) is 0 Å². The second kappa shape index (κ2) is 8.11. The highest BCUT2D eigenvalue weighted by Crippen LogP contribution is 2.29. The molecule has 2 aromatic rings. The van der Waals surface area contributed by atoms with Gasteiger partial charge in [-0.15, -0.1) is 0 Å². The van der Waals surface area contributed by atoms with Crippen molar-refractivity contribution in [3.05, 3.63) is 71.8 Å². The van der Waals surface area contributed by atoms with Gasteiger partial charge in [0.25, 0.3) is 0 Å². The molecule has 2 atom stereocenters. The largest absolute Gasteiger partial charge is 0.306 e. The molecule has 2 N–H and O–H groups in total. The highest BCUT2D eigenvalue weighted by Gasteiger charge is 2.25. The lowest BCUT2D eigenvalue weighted by Crippen LogP contribution is -2.40. The first kappa shape index (κ1) is 16.7. The van der Waals surface area contributed by atoms with Gasteiger partial charge in [-0.1, -0.05) is 88.4 Å². The van der Waals surface area contributed by atoms with Gasteiger partial charge in [0.2, 0.25) is 0 Å². The molecule has 0 saturated carbocycles. The highest BCUT2D eigenvalue weighted by molar-refractivity contribution is 5.28. The van der Waals surface area contributed by atoms with Crippen LogP contribution in [0.25, 0.3) is 0 Å². The average Bonchev–Trinajstić information content (AvgIpc) is 2.52. The summed E-state index contributed by atoms with van der Waals surface area (Å²) in [7, 11) is 0. The summed E-state index contributed by atoms with van der Waals surface area (Å²) in [5, 5.41) is 7.48. The van der Waals surface area contributed by atoms with E-state index in [4.69, 9.17) is 0 Å². The molecule has 0 aliphatic rings. The van der Waals surface area contributed by atoms with Crippen molar-refractivity contribution in [2.75, 3.05) is 0 Å². The van der Waals surface area contributed by atoms with Crippen molar-refractivity contribution in [2.24, 2.45) is 0 Å². The molecule has 0 spiro atoms. The summed E-state index contributed by atoms with van der Waals surface area (Å²) in [4.78, 5) is 0. The maximum Gasteiger partial charge on any atom is 0.0520 e. The Morgan fingerprint density at radius 3 is 1.14 bits per heavy atom. The minimum absolute atomic E-state index is 0.242. The number of rotatable bonds is 7. The van der Waals surface area contributed by atoms with Gasteiger partial charge in [0.05, 0.1) is 12.1 Å². The fraction of sp³-hybridized carbons (Fsp3) is 0.400. The second-order valence-electron chi connectivity index (χ2n) is 6.42. The van der Waals surface area contributed by atoms with E-state index in [1.165, 1.54) is 11.1 Å². The van der Waals surface area contributed by atoms with Crippen molar-refractivity contribution in [2.45, 2.75) is 51.9 Å². The van der Waals surface area contributed by atoms with E-state index in [-0.39, 0.29) is 12.1 Å². The fourth-order valence-corrected chi connectivity index (χ4v) is 2.81. The van der Waals surface area contributed by atoms with Crippen molar-refractivity contribution in [1.29, 1.82) is 0 Å². The van der Waals surface area contributed by atoms with Gasteiger partial charge in [0.15, 0.2) is 0 Å². The third-order valence-electron chi connectivity index (χ3n) is 3.68. The molecular weight excluding hydrogens is 268 g/mol. The van der Waals surface area contributed by atoms with Crippen LogP contribution in [0, 0.1) is 0 Å². The molecule has 0 amide bonds. The Kier molecular flexibility index (Phi) is 6.17. The molecule has 2 heteroatoms. The Hall–Kier alpha value is -1.64. The predicted molar refractivity (Wildman–Crippen MR) is 94.9 cm³/mol. The lowest BCUT2D eigenvalue weighted by molar-refractivity contribution is 0.341. The SMILES string of the molecule is CC(C)N[C@H](c1ccccc1)[C@H](NC(C)C)c1ccccc1. The first-order chi connectivity index (χ1) is 10.6. The summed E-state index contributed by atoms with van der Waals surface area (Å²) < 4.78 is 0. The standard InChI is InChI=1S/C20H28N2/c1-15(2)21-19(17-11-7-5-8-12-17)20(22-16(3)4)18-13-9-6-10-14-18/h5-16,19-22H,1-4H3/t19-,20-/m1/s1. The van der Waals surface area contributed by atoms with Gasteiger partial charge < -0.3 is 10.6 Å². The van der Waals surface area contributed by atoms with Crippen LogP contribution in [-0.4, -0.2) is 12.1 Å². The van der Waals surface area contributed by atoms with Crippen molar-refractivity contribution < 1.29 is 0 Å². The Morgan fingerprint density at radius 1 is 0.545 bits per heavy atom. The second-order valence-corrected chi connectivity index (χ2v) is 6.42. The Labute approximate surface area is 135 Å². The molecule has 118 valence electrons. The molecule has 0 aliphatic carbocycles. The molecule has 2 rings (SSSR count). The summed E-state index contributed by atoms with van der Waals surface area (Å²) in [6.07, 6.45) is 0. The first-order valence-electron chi connectivity index (χ1n) is 8.20. The molecule has 0 aromatic heterocycles. The van der Waals surface area contributed by atoms with Crippen LogP contribution >= 0.6 is 0 Å². The van der Waals surface area contributed by atoms with Gasteiger partial charge in [-0.05, 0) is 11.1 Å². The Balaban J connectivity index is 2.39. The molecule has 0 saturated heterocycles. The summed E-state index contributed by atoms with van der Waals surface area (Å²) in [6, 6.07) is 22.7. The zero-order valence-corrected chi connectivity index (χ0v) is 14.1. The summed E-state index contributed by atoms with van der Waals surface area (Å²) >= 11 is 0. The van der Waals surface area contributed by atoms with Crippen LogP contribution < -0.4 is 10.6 Å². The van der Waals surface area contributed by atoms with Crippen molar-refractivity contribution in [3.63, 3.8) is 0 Å². The molecule has 2 aromatic carbocycles. The maximum absolute atomic E-state index is 3.74. The zero-order valence-electron chi connectivity index (χ0n) is 14.1. The number of benzene rings is 2. The van der Waals surface area contributed by atoms with Gasteiger partial charge in [-0.25, -0.2) is 0 Å². The molecular formula is C20H28N2. The zero-order chi connectivity index (χ0) is 15.9. The normalized spacial score (nSPS) is 14.3. The van der Waals surface area contributed by atoms with Crippen LogP contribution in [0.5, 0.6) is 0 Å². The van der Waals surface area contributed by atoms with E-state index in [9.17, 15) is 0 Å². The molecule has 0 fully saturated rings. The third kappa shape index (κ3) is 4.69. The Morgan fingerprint density at radius 2 is 0.864 bits per heavy atom. The van der Waals surface area contributed by atoms with Crippen LogP contribution in [-0.2, 0) is 0 Å². The predicted octanol–water partition coefficient (Wildman–Crippen LogP) is 4.47. The molecule has 2 nitrogen and oxygen atoms in total. The van der Waals surface area contributed by atoms with E-state index in [1.54, 1.807) is 0 Å². The smallest absolute Gasteiger partial charge is 0.0520 e. The van der Waals surface area contributed by atoms with Crippen molar-refractivity contribution in [1.82, 2.24) is 10.6 Å². The molecule has 22 heavy (non-hydrogen) atoms. The van der Waals surface area contributed by atoms with Crippen molar-refractivity contribution >= 4 is 0 Å². The summed E-state index contributed by atoms with van der Waals surface area (Å²) in [5.41, 5.74) is 2.64. The molecule has 0 bridgehead atoms. The number of hydrogen-bond donors (Lipinski definition) is 2. The van der Waals surface area contributed by atoms with Crippen LogP contribution in [0.15, 0.2) is 60.7 Å². The number of hydrogen-bond acceptors (Lipinski definition) is 2. The molecule has 0 heterocycles. The van der Waals surface area contributed by atoms with E-state index in [2.05, 4.69) is 99.0 Å². The minimum Gasteiger partial charge on any atom is -0.306 e. The molecule has 0 radical (unpaired) electrons. The van der Waals surface area contributed by atoms with Gasteiger partial charge in [-0.2, -0.15) is 0 Å². The Bertz CT molecular complexity index is 483. The highest BCUT2D eigenvalue weighted by atomic mass is 15.0. The topological polar surface area (TPSA) is 24.1 Å². The van der Waals surface area contributed by atoms with E-state index >= 15 is 0 Å². The van der Waals surface area contributed by atoms with E-state index in [0.29, 0.717) is 12.1 Å². The number of nitrogens with one attached hydrogen (secondary N) is 2. The first-order valence-corrected chi connectivity index (χ1v) is 8.20. The minimum atomic E-state index is 0.242. The molecule has 0 unspecified atom stereocenters. The molecule has 0 aliphatic heterocycles. The third-order valence-corrected chi connectivity index (χ3v) is 3.68. The van der Waals surface area contributed by atoms with Gasteiger partial charge in [0.1, 0.15) is 0 Å². The van der Waals surface area contributed by atoms with Gasteiger partial charge in [-0.3, -0.25) is 0 Å². The van der Waals surface area contributed by atoms with E-state index < -0.39 is 0 Å². The maximum atomic E-state index is 3.74. The van der Waals surface area contributed by atoms with Crippen LogP contribution in [0.3, 0.4) is 0 Å². The lowest BCUT2D eigenvalue weighted by atomic mass is 9.92. The van der Waals surface area contributed by atoms with E-state index in [0.717, 1.165) is 0 Å². The quantitative estimate of drug-likeness (QED) is 0.788. The summed E-state index contributed by atoms with van der Waals surface area (Å²) in [6.45, 7) is 8.81.